The van der Waals surface area contributed by atoms with Crippen LogP contribution in [0.1, 0.15) is 45.6 Å². The van der Waals surface area contributed by atoms with Crippen LogP contribution in [0.4, 0.5) is 28.9 Å². The number of likely N-dealkylation sites (tertiary alicyclic amines) is 2. The molecule has 30 heteroatoms. The Kier molecular flexibility index (Phi) is 16.0. The second-order valence-electron chi connectivity index (χ2n) is 19.9. The minimum absolute atomic E-state index is 0.158. The number of anilines is 2. The number of hydrogen-bond donors (Lipinski definition) is 4. The van der Waals surface area contributed by atoms with Crippen LogP contribution in [0, 0.1) is 0 Å². The second-order valence-corrected chi connectivity index (χ2v) is 19.9. The van der Waals surface area contributed by atoms with Gasteiger partial charge in [0.25, 0.3) is 11.8 Å². The number of aliphatic hydroxyl groups excluding tert-OH is 2. The van der Waals surface area contributed by atoms with Gasteiger partial charge in [-0.25, -0.2) is 19.0 Å². The van der Waals surface area contributed by atoms with E-state index in [9.17, 15) is 37.4 Å². The van der Waals surface area contributed by atoms with Crippen molar-refractivity contribution in [3.05, 3.63) is 134 Å². The molecule has 84 heavy (non-hydrogen) atoms. The summed E-state index contributed by atoms with van der Waals surface area (Å²) >= 11 is 0. The Hall–Kier alpha value is -9.78. The summed E-state index contributed by atoms with van der Waals surface area (Å²) in [5.41, 5.74) is 2.34. The van der Waals surface area contributed by atoms with Crippen LogP contribution in [0.5, 0.6) is 34.5 Å². The molecule has 0 saturated carbocycles. The Morgan fingerprint density at radius 2 is 1.06 bits per heavy atom. The number of rotatable bonds is 16. The Morgan fingerprint density at radius 1 is 0.583 bits per heavy atom. The maximum Gasteiger partial charge on any atom is 0.387 e. The van der Waals surface area contributed by atoms with E-state index < -0.39 is 37.2 Å². The fourth-order valence-electron chi connectivity index (χ4n) is 9.93. The summed E-state index contributed by atoms with van der Waals surface area (Å²) in [5.74, 6) is 0.0355. The van der Waals surface area contributed by atoms with Gasteiger partial charge in [-0.05, 0) is 75.5 Å². The van der Waals surface area contributed by atoms with Crippen molar-refractivity contribution in [1.82, 2.24) is 78.1 Å². The fourth-order valence-corrected chi connectivity index (χ4v) is 9.93. The molecule has 2 aliphatic rings. The average Bonchev–Trinajstić information content (AvgIpc) is 4.36. The molecule has 436 valence electrons. The number of fused-ring (bicyclic) bond motifs is 2. The van der Waals surface area contributed by atoms with Gasteiger partial charge >= 0.3 is 13.2 Å². The van der Waals surface area contributed by atoms with E-state index in [4.69, 9.17) is 18.9 Å². The molecule has 10 heterocycles. The summed E-state index contributed by atoms with van der Waals surface area (Å²) in [6.07, 6.45) is 18.9. The predicted molar refractivity (Wildman–Crippen MR) is 291 cm³/mol. The highest BCUT2D eigenvalue weighted by molar-refractivity contribution is 6.10. The van der Waals surface area contributed by atoms with Gasteiger partial charge < -0.3 is 49.6 Å². The Balaban J connectivity index is 0.000000175. The van der Waals surface area contributed by atoms with Gasteiger partial charge in [-0.15, -0.1) is 0 Å². The van der Waals surface area contributed by atoms with Gasteiger partial charge in [0.1, 0.15) is 45.5 Å². The molecule has 2 aliphatic heterocycles. The third-order valence-corrected chi connectivity index (χ3v) is 13.9. The molecule has 2 unspecified atom stereocenters. The van der Waals surface area contributed by atoms with E-state index in [-0.39, 0.29) is 68.6 Å². The number of ether oxygens (including phenoxy) is 4. The fraction of sp³-hybridized carbons (Fsp3) is 0.296. The quantitative estimate of drug-likeness (QED) is 0.0760. The van der Waals surface area contributed by atoms with Crippen LogP contribution in [-0.2, 0) is 14.1 Å². The lowest BCUT2D eigenvalue weighted by molar-refractivity contribution is -0.0501. The molecule has 12 rings (SSSR count). The number of β-amino-alcohol motifs (C(OH)–C–C–N with tert-alkyl or cyclic N) is 1. The van der Waals surface area contributed by atoms with E-state index in [1.807, 2.05) is 14.1 Å². The van der Waals surface area contributed by atoms with Gasteiger partial charge in [-0.1, -0.05) is 0 Å². The molecule has 0 bridgehead atoms. The van der Waals surface area contributed by atoms with Gasteiger partial charge in [-0.2, -0.15) is 48.2 Å². The number of alkyl halides is 4. The van der Waals surface area contributed by atoms with Crippen LogP contribution in [0.2, 0.25) is 0 Å². The van der Waals surface area contributed by atoms with Crippen LogP contribution in [0.25, 0.3) is 33.8 Å². The zero-order valence-corrected chi connectivity index (χ0v) is 45.3. The molecule has 8 aromatic heterocycles. The molecule has 2 saturated heterocycles. The first-order valence-electron chi connectivity index (χ1n) is 26.1. The number of nitrogens with one attached hydrogen (secondary N) is 2. The molecule has 4 N–H and O–H groups in total. The monoisotopic (exact) mass is 1160 g/mol. The first-order valence-corrected chi connectivity index (χ1v) is 26.1. The van der Waals surface area contributed by atoms with Crippen LogP contribution in [-0.4, -0.2) is 166 Å². The summed E-state index contributed by atoms with van der Waals surface area (Å²) in [5, 5.41) is 52.3. The van der Waals surface area contributed by atoms with E-state index >= 15 is 0 Å². The summed E-state index contributed by atoms with van der Waals surface area (Å²) in [6, 6.07) is 11.6. The van der Waals surface area contributed by atoms with Crippen molar-refractivity contribution in [2.45, 2.75) is 50.4 Å². The molecule has 2 fully saturated rings. The van der Waals surface area contributed by atoms with Crippen molar-refractivity contribution in [2.75, 3.05) is 50.9 Å². The SMILES string of the molecule is CN1CCC(n2cc(Oc3ccc(OC(F)F)c(-c4nn(C)cc4NC(=O)c4cnn5cccnc45)c3)cn2)C(O)C1.CN1CC[C@@H](O)[C@H](n2cc(Oc3ccc(OC(F)F)c(-c4nn(C)cc4NC(=O)c4cnn5cccnc45)c3)cn2)C1. The summed E-state index contributed by atoms with van der Waals surface area (Å²) in [6.45, 7) is -3.41. The van der Waals surface area contributed by atoms with Crippen molar-refractivity contribution in [2.24, 2.45) is 14.1 Å². The minimum Gasteiger partial charge on any atom is -0.454 e. The smallest absolute Gasteiger partial charge is 0.387 e. The standard InChI is InChI=1S/2C27H27F2N9O4/c1-35-9-6-22(39)21(15-35)38-13-17(11-31-38)41-16-4-5-23(42-27(28)29)18(10-16)24-20(14-36(2)34-24)33-26(40)19-12-32-37-8-3-7-30-25(19)37;1-35-9-6-21(22(39)15-35)38-13-17(11-31-38)41-16-4-5-23(42-27(28)29)18(10-16)24-20(14-36(2)34-24)33-26(40)19-12-32-37-8-3-7-30-25(19)37/h2*3-5,7-8,10-14,21-22,27,39H,6,9,15H2,1-2H3,(H,33,40)/t21-,22-;/m1./s1. The number of amides is 2. The first-order chi connectivity index (χ1) is 40.5. The zero-order valence-electron chi connectivity index (χ0n) is 45.3. The van der Waals surface area contributed by atoms with E-state index in [2.05, 4.69) is 61.0 Å². The number of carbonyl (C=O) groups is 2. The molecule has 2 aromatic carbocycles. The van der Waals surface area contributed by atoms with E-state index in [0.717, 1.165) is 19.5 Å². The van der Waals surface area contributed by atoms with E-state index in [1.165, 1.54) is 79.6 Å². The molecule has 10 aromatic rings. The lowest BCUT2D eigenvalue weighted by atomic mass is 10.0. The summed E-state index contributed by atoms with van der Waals surface area (Å²) in [4.78, 5) is 38.9. The second kappa shape index (κ2) is 24.0. The predicted octanol–water partition coefficient (Wildman–Crippen LogP) is 6.42. The number of likely N-dealkylation sites (N-methyl/N-ethyl adjacent to an activating group) is 2. The number of hydrogen-bond acceptors (Lipinski definition) is 18. The molecule has 2 amide bonds. The Morgan fingerprint density at radius 3 is 1.55 bits per heavy atom. The molecule has 0 aliphatic carbocycles. The lowest BCUT2D eigenvalue weighted by Gasteiger charge is -2.33. The Bertz CT molecular complexity index is 3970. The highest BCUT2D eigenvalue weighted by atomic mass is 19.3. The number of benzene rings is 2. The van der Waals surface area contributed by atoms with Gasteiger partial charge in [0.15, 0.2) is 22.8 Å². The minimum atomic E-state index is -3.10. The topological polar surface area (TPSA) is 274 Å². The maximum atomic E-state index is 13.4. The number of carbonyl (C=O) groups excluding carboxylic acids is 2. The van der Waals surface area contributed by atoms with E-state index in [1.54, 1.807) is 85.2 Å². The van der Waals surface area contributed by atoms with E-state index in [0.29, 0.717) is 53.8 Å². The average molecular weight is 1160 g/mol. The number of nitrogens with zero attached hydrogens (tertiary/aromatic N) is 16. The molecule has 26 nitrogen and oxygen atoms in total. The van der Waals surface area contributed by atoms with Crippen LogP contribution >= 0.6 is 0 Å². The first kappa shape index (κ1) is 56.1. The molecular weight excluding hydrogens is 1100 g/mol. The third-order valence-electron chi connectivity index (χ3n) is 13.9. The van der Waals surface area contributed by atoms with Crippen LogP contribution in [0.15, 0.2) is 123 Å². The highest BCUT2D eigenvalue weighted by Crippen LogP contribution is 2.41. The zero-order chi connectivity index (χ0) is 58.8. The number of aliphatic hydroxyl groups is 2. The van der Waals surface area contributed by atoms with Crippen molar-refractivity contribution in [3.63, 3.8) is 0 Å². The number of aromatic nitrogens is 14. The number of piperidine rings is 2. The van der Waals surface area contributed by atoms with Crippen molar-refractivity contribution >= 4 is 34.5 Å². The molecular formula is C54H54F4N18O8. The van der Waals surface area contributed by atoms with Crippen molar-refractivity contribution in [1.29, 1.82) is 0 Å². The largest absolute Gasteiger partial charge is 0.454 e. The normalized spacial score (nSPS) is 17.6. The van der Waals surface area contributed by atoms with Gasteiger partial charge in [-0.3, -0.25) is 28.3 Å². The summed E-state index contributed by atoms with van der Waals surface area (Å²) in [7, 11) is 7.20. The summed E-state index contributed by atoms with van der Waals surface area (Å²) < 4.78 is 84.1. The van der Waals surface area contributed by atoms with Gasteiger partial charge in [0.05, 0.1) is 84.0 Å². The third kappa shape index (κ3) is 12.4. The van der Waals surface area contributed by atoms with Gasteiger partial charge in [0, 0.05) is 77.5 Å². The highest BCUT2D eigenvalue weighted by Gasteiger charge is 2.31. The number of aryl methyl sites for hydroxylation is 2. The van der Waals surface area contributed by atoms with Crippen molar-refractivity contribution in [3.8, 4) is 57.0 Å². The molecule has 4 atom stereocenters. The molecule has 0 radical (unpaired) electrons. The number of halogens is 4. The van der Waals surface area contributed by atoms with Crippen LogP contribution in [0.3, 0.4) is 0 Å². The molecule has 0 spiro atoms. The van der Waals surface area contributed by atoms with Crippen molar-refractivity contribution < 1.29 is 56.3 Å². The maximum absolute atomic E-state index is 13.4. The lowest BCUT2D eigenvalue weighted by Crippen LogP contribution is -2.42. The Labute approximate surface area is 474 Å². The van der Waals surface area contributed by atoms with Crippen LogP contribution < -0.4 is 29.6 Å². The van der Waals surface area contributed by atoms with Gasteiger partial charge in [0.2, 0.25) is 0 Å².